The van der Waals surface area contributed by atoms with Gasteiger partial charge in [0.1, 0.15) is 11.5 Å². The van der Waals surface area contributed by atoms with Gasteiger partial charge >= 0.3 is 12.3 Å². The van der Waals surface area contributed by atoms with Gasteiger partial charge in [-0.25, -0.2) is 8.42 Å². The predicted octanol–water partition coefficient (Wildman–Crippen LogP) is 3.84. The van der Waals surface area contributed by atoms with Crippen molar-refractivity contribution < 1.29 is 40.6 Å². The number of rotatable bonds is 7. The van der Waals surface area contributed by atoms with Gasteiger partial charge in [-0.1, -0.05) is 0 Å². The molecule has 1 aliphatic rings. The molecule has 2 aromatic carbocycles. The molecule has 1 aliphatic heterocycles. The molecule has 2 aromatic rings. The van der Waals surface area contributed by atoms with E-state index in [9.17, 15) is 26.4 Å². The standard InChI is InChI=1S/C20H20F3NO6S/c1-28-15-6-9-18-17(11-15)13(3-10-19(25)29-2)12-24(18)31(26,27)16-7-4-14(5-8-16)30-20(21,22)23/h4-9,11,13H,3,10,12H2,1-2H3. The second-order valence-corrected chi connectivity index (χ2v) is 8.65. The molecule has 1 unspecified atom stereocenters. The Balaban J connectivity index is 1.91. The van der Waals surface area contributed by atoms with Gasteiger partial charge in [-0.05, 0) is 54.4 Å². The summed E-state index contributed by atoms with van der Waals surface area (Å²) < 4.78 is 78.4. The van der Waals surface area contributed by atoms with Gasteiger partial charge < -0.3 is 14.2 Å². The molecule has 1 heterocycles. The maximum Gasteiger partial charge on any atom is 0.573 e. The molecule has 168 valence electrons. The molecule has 7 nitrogen and oxygen atoms in total. The smallest absolute Gasteiger partial charge is 0.497 e. The maximum atomic E-state index is 13.2. The topological polar surface area (TPSA) is 82.1 Å². The molecule has 0 spiro atoms. The number of halogens is 3. The second kappa shape index (κ2) is 8.66. The number of hydrogen-bond donors (Lipinski definition) is 0. The van der Waals surface area contributed by atoms with E-state index in [4.69, 9.17) is 4.74 Å². The van der Waals surface area contributed by atoms with Gasteiger partial charge in [-0.15, -0.1) is 13.2 Å². The van der Waals surface area contributed by atoms with Gasteiger partial charge in [0.05, 0.1) is 24.8 Å². The first-order valence-electron chi connectivity index (χ1n) is 9.18. The van der Waals surface area contributed by atoms with E-state index in [2.05, 4.69) is 9.47 Å². The maximum absolute atomic E-state index is 13.2. The number of ether oxygens (including phenoxy) is 3. The highest BCUT2D eigenvalue weighted by Gasteiger charge is 2.37. The van der Waals surface area contributed by atoms with Crippen molar-refractivity contribution >= 4 is 21.7 Å². The normalized spacial score (nSPS) is 16.0. The molecule has 0 aromatic heterocycles. The van der Waals surface area contributed by atoms with Crippen LogP contribution in [-0.2, 0) is 19.6 Å². The summed E-state index contributed by atoms with van der Waals surface area (Å²) in [6.07, 6.45) is -4.41. The zero-order valence-electron chi connectivity index (χ0n) is 16.7. The lowest BCUT2D eigenvalue weighted by Gasteiger charge is -2.20. The highest BCUT2D eigenvalue weighted by atomic mass is 32.2. The molecule has 31 heavy (non-hydrogen) atoms. The summed E-state index contributed by atoms with van der Waals surface area (Å²) in [5.74, 6) is -0.679. The summed E-state index contributed by atoms with van der Waals surface area (Å²) in [5.41, 5.74) is 1.12. The predicted molar refractivity (Wildman–Crippen MR) is 105 cm³/mol. The number of anilines is 1. The number of esters is 1. The molecular weight excluding hydrogens is 439 g/mol. The van der Waals surface area contributed by atoms with Crippen molar-refractivity contribution in [2.24, 2.45) is 0 Å². The first kappa shape index (κ1) is 22.7. The minimum absolute atomic E-state index is 0.0721. The summed E-state index contributed by atoms with van der Waals surface area (Å²) in [5, 5.41) is 0. The van der Waals surface area contributed by atoms with E-state index in [1.165, 1.54) is 18.5 Å². The average molecular weight is 459 g/mol. The second-order valence-electron chi connectivity index (χ2n) is 6.79. The minimum Gasteiger partial charge on any atom is -0.497 e. The quantitative estimate of drug-likeness (QED) is 0.586. The Morgan fingerprint density at radius 2 is 1.74 bits per heavy atom. The van der Waals surface area contributed by atoms with Crippen molar-refractivity contribution in [2.45, 2.75) is 30.0 Å². The monoisotopic (exact) mass is 459 g/mol. The summed E-state index contributed by atoms with van der Waals surface area (Å²) in [7, 11) is -1.31. The van der Waals surface area contributed by atoms with Gasteiger partial charge in [0.2, 0.25) is 0 Å². The Hall–Kier alpha value is -2.95. The number of carbonyl (C=O) groups excluding carboxylic acids is 1. The lowest BCUT2D eigenvalue weighted by Crippen LogP contribution is -2.30. The fourth-order valence-electron chi connectivity index (χ4n) is 3.42. The summed E-state index contributed by atoms with van der Waals surface area (Å²) in [6.45, 7) is 0.0721. The summed E-state index contributed by atoms with van der Waals surface area (Å²) >= 11 is 0. The molecule has 0 bridgehead atoms. The van der Waals surface area contributed by atoms with Crippen molar-refractivity contribution in [3.05, 3.63) is 48.0 Å². The van der Waals surface area contributed by atoms with Crippen LogP contribution in [0.25, 0.3) is 0 Å². The molecule has 0 N–H and O–H groups in total. The summed E-state index contributed by atoms with van der Waals surface area (Å²) in [6, 6.07) is 8.94. The van der Waals surface area contributed by atoms with Gasteiger partial charge in [-0.2, -0.15) is 0 Å². The molecule has 3 rings (SSSR count). The number of hydrogen-bond acceptors (Lipinski definition) is 6. The van der Waals surface area contributed by atoms with Crippen molar-refractivity contribution in [3.63, 3.8) is 0 Å². The Morgan fingerprint density at radius 1 is 1.10 bits per heavy atom. The summed E-state index contributed by atoms with van der Waals surface area (Å²) in [4.78, 5) is 11.4. The zero-order chi connectivity index (χ0) is 22.8. The first-order valence-corrected chi connectivity index (χ1v) is 10.6. The third kappa shape index (κ3) is 5.04. The van der Waals surface area contributed by atoms with E-state index >= 15 is 0 Å². The van der Waals surface area contributed by atoms with E-state index in [1.807, 2.05) is 0 Å². The number of nitrogens with zero attached hydrogens (tertiary/aromatic N) is 1. The fourth-order valence-corrected chi connectivity index (χ4v) is 4.96. The van der Waals surface area contributed by atoms with E-state index in [0.717, 1.165) is 24.3 Å². The molecule has 0 saturated carbocycles. The van der Waals surface area contributed by atoms with Gasteiger partial charge in [0, 0.05) is 18.9 Å². The van der Waals surface area contributed by atoms with Crippen molar-refractivity contribution in [1.29, 1.82) is 0 Å². The highest BCUT2D eigenvalue weighted by molar-refractivity contribution is 7.92. The Morgan fingerprint density at radius 3 is 2.32 bits per heavy atom. The van der Waals surface area contributed by atoms with Crippen LogP contribution < -0.4 is 13.8 Å². The SMILES string of the molecule is COC(=O)CCC1CN(S(=O)(=O)c2ccc(OC(F)(F)F)cc2)c2ccc(OC)cc21. The highest BCUT2D eigenvalue weighted by Crippen LogP contribution is 2.43. The number of benzene rings is 2. The molecule has 0 aliphatic carbocycles. The molecular formula is C20H20F3NO6S. The van der Waals surface area contributed by atoms with Crippen LogP contribution in [0.15, 0.2) is 47.4 Å². The number of fused-ring (bicyclic) bond motifs is 1. The molecule has 11 heteroatoms. The van der Waals surface area contributed by atoms with Crippen LogP contribution in [0.5, 0.6) is 11.5 Å². The van der Waals surface area contributed by atoms with Crippen LogP contribution in [0, 0.1) is 0 Å². The van der Waals surface area contributed by atoms with Crippen molar-refractivity contribution in [2.75, 3.05) is 25.1 Å². The lowest BCUT2D eigenvalue weighted by molar-refractivity contribution is -0.274. The lowest BCUT2D eigenvalue weighted by atomic mass is 9.96. The molecule has 1 atom stereocenters. The Labute approximate surface area is 177 Å². The molecule has 0 fully saturated rings. The van der Waals surface area contributed by atoms with E-state index in [1.54, 1.807) is 18.2 Å². The van der Waals surface area contributed by atoms with E-state index < -0.39 is 28.1 Å². The fraction of sp³-hybridized carbons (Fsp3) is 0.350. The van der Waals surface area contributed by atoms with Crippen molar-refractivity contribution in [3.8, 4) is 11.5 Å². The van der Waals surface area contributed by atoms with E-state index in [-0.39, 0.29) is 23.8 Å². The number of methoxy groups -OCH3 is 2. The molecule has 0 amide bonds. The van der Waals surface area contributed by atoms with E-state index in [0.29, 0.717) is 23.4 Å². The first-order chi connectivity index (χ1) is 14.5. The van der Waals surface area contributed by atoms with Gasteiger partial charge in [-0.3, -0.25) is 9.10 Å². The van der Waals surface area contributed by atoms with Crippen LogP contribution in [0.4, 0.5) is 18.9 Å². The third-order valence-electron chi connectivity index (χ3n) is 4.90. The van der Waals surface area contributed by atoms with Crippen LogP contribution in [-0.4, -0.2) is 41.5 Å². The largest absolute Gasteiger partial charge is 0.573 e. The molecule has 0 radical (unpaired) electrons. The van der Waals surface area contributed by atoms with Crippen LogP contribution in [0.3, 0.4) is 0 Å². The number of carbonyl (C=O) groups is 1. The number of sulfonamides is 1. The van der Waals surface area contributed by atoms with Crippen LogP contribution in [0.1, 0.15) is 24.3 Å². The molecule has 0 saturated heterocycles. The van der Waals surface area contributed by atoms with Gasteiger partial charge in [0.15, 0.2) is 0 Å². The average Bonchev–Trinajstić information content (AvgIpc) is 3.09. The van der Waals surface area contributed by atoms with Crippen LogP contribution in [0.2, 0.25) is 0 Å². The third-order valence-corrected chi connectivity index (χ3v) is 6.69. The minimum atomic E-state index is -4.87. The number of alkyl halides is 3. The Kier molecular flexibility index (Phi) is 6.35. The van der Waals surface area contributed by atoms with Gasteiger partial charge in [0.25, 0.3) is 10.0 Å². The zero-order valence-corrected chi connectivity index (χ0v) is 17.5. The van der Waals surface area contributed by atoms with Crippen molar-refractivity contribution in [1.82, 2.24) is 0 Å². The Bertz CT molecular complexity index is 1050. The van der Waals surface area contributed by atoms with Crippen LogP contribution >= 0.6 is 0 Å².